The number of aromatic amines is 1. The lowest BCUT2D eigenvalue weighted by atomic mass is 10.1. The molecule has 0 bridgehead atoms. The molecule has 0 saturated heterocycles. The summed E-state index contributed by atoms with van der Waals surface area (Å²) in [5.41, 5.74) is 10.6. The van der Waals surface area contributed by atoms with Crippen molar-refractivity contribution in [1.29, 1.82) is 0 Å². The summed E-state index contributed by atoms with van der Waals surface area (Å²) < 4.78 is 0. The number of hydrogen-bond donors (Lipinski definition) is 3. The fourth-order valence-electron chi connectivity index (χ4n) is 2.85. The summed E-state index contributed by atoms with van der Waals surface area (Å²) in [7, 11) is 0. The van der Waals surface area contributed by atoms with Crippen LogP contribution in [0.25, 0.3) is 10.9 Å². The standard InChI is InChI=1S/C16H21N3O2/c17-14(16(20)19-21-12-5-1-2-6-12)9-11-10-18-15-8-4-3-7-13(11)15/h3-4,7-8,10,12,14,18H,1-2,5-6,9,17H2,(H,19,20)/t14-/m0/s1. The van der Waals surface area contributed by atoms with E-state index in [0.717, 1.165) is 29.3 Å². The van der Waals surface area contributed by atoms with E-state index < -0.39 is 6.04 Å². The summed E-state index contributed by atoms with van der Waals surface area (Å²) in [5, 5.41) is 1.11. The van der Waals surface area contributed by atoms with Gasteiger partial charge in [0, 0.05) is 17.1 Å². The Labute approximate surface area is 123 Å². The van der Waals surface area contributed by atoms with Crippen LogP contribution in [-0.2, 0) is 16.1 Å². The van der Waals surface area contributed by atoms with Gasteiger partial charge in [-0.25, -0.2) is 5.48 Å². The Kier molecular flexibility index (Phi) is 4.22. The second kappa shape index (κ2) is 6.28. The predicted octanol–water partition coefficient (Wildman–Crippen LogP) is 2.03. The number of rotatable bonds is 5. The van der Waals surface area contributed by atoms with Crippen molar-refractivity contribution < 1.29 is 9.63 Å². The molecule has 0 unspecified atom stereocenters. The zero-order valence-electron chi connectivity index (χ0n) is 12.0. The Balaban J connectivity index is 1.57. The molecule has 4 N–H and O–H groups in total. The van der Waals surface area contributed by atoms with Crippen molar-refractivity contribution in [3.05, 3.63) is 36.0 Å². The Morgan fingerprint density at radius 2 is 2.14 bits per heavy atom. The van der Waals surface area contributed by atoms with Gasteiger partial charge >= 0.3 is 0 Å². The molecule has 1 aliphatic rings. The lowest BCUT2D eigenvalue weighted by Crippen LogP contribution is -2.43. The van der Waals surface area contributed by atoms with Gasteiger partial charge in [-0.3, -0.25) is 9.63 Å². The SMILES string of the molecule is N[C@@H](Cc1c[nH]c2ccccc12)C(=O)NOC1CCCC1. The fraction of sp³-hybridized carbons (Fsp3) is 0.438. The van der Waals surface area contributed by atoms with Gasteiger partial charge in [0.1, 0.15) is 0 Å². The highest BCUT2D eigenvalue weighted by molar-refractivity contribution is 5.85. The molecule has 21 heavy (non-hydrogen) atoms. The number of carbonyl (C=O) groups is 1. The second-order valence-corrected chi connectivity index (χ2v) is 5.66. The van der Waals surface area contributed by atoms with Gasteiger partial charge in [-0.15, -0.1) is 0 Å². The molecule has 3 rings (SSSR count). The smallest absolute Gasteiger partial charge is 0.260 e. The number of nitrogens with two attached hydrogens (primary N) is 1. The van der Waals surface area contributed by atoms with Crippen molar-refractivity contribution >= 4 is 16.8 Å². The summed E-state index contributed by atoms with van der Waals surface area (Å²) in [6.07, 6.45) is 6.91. The van der Waals surface area contributed by atoms with Crippen LogP contribution in [0.1, 0.15) is 31.2 Å². The van der Waals surface area contributed by atoms with E-state index >= 15 is 0 Å². The summed E-state index contributed by atoms with van der Waals surface area (Å²) >= 11 is 0. The van der Waals surface area contributed by atoms with Crippen molar-refractivity contribution in [2.24, 2.45) is 5.73 Å². The number of carbonyl (C=O) groups excluding carboxylic acids is 1. The van der Waals surface area contributed by atoms with E-state index in [1.54, 1.807) is 0 Å². The average Bonchev–Trinajstić information content (AvgIpc) is 3.15. The minimum absolute atomic E-state index is 0.147. The van der Waals surface area contributed by atoms with E-state index in [-0.39, 0.29) is 12.0 Å². The zero-order valence-corrected chi connectivity index (χ0v) is 12.0. The third-order valence-electron chi connectivity index (χ3n) is 4.08. The van der Waals surface area contributed by atoms with Gasteiger partial charge in [-0.1, -0.05) is 31.0 Å². The van der Waals surface area contributed by atoms with Gasteiger partial charge in [0.15, 0.2) is 0 Å². The van der Waals surface area contributed by atoms with Gasteiger partial charge in [0.2, 0.25) is 0 Å². The number of benzene rings is 1. The Hall–Kier alpha value is -1.85. The van der Waals surface area contributed by atoms with Gasteiger partial charge in [0.25, 0.3) is 5.91 Å². The van der Waals surface area contributed by atoms with E-state index in [1.807, 2.05) is 30.5 Å². The Bertz CT molecular complexity index is 617. The lowest BCUT2D eigenvalue weighted by molar-refractivity contribution is -0.139. The monoisotopic (exact) mass is 287 g/mol. The molecule has 1 atom stereocenters. The van der Waals surface area contributed by atoms with E-state index in [0.29, 0.717) is 6.42 Å². The summed E-state index contributed by atoms with van der Waals surface area (Å²) in [6.45, 7) is 0. The van der Waals surface area contributed by atoms with Crippen LogP contribution in [0.4, 0.5) is 0 Å². The molecule has 1 aromatic carbocycles. The average molecular weight is 287 g/mol. The Morgan fingerprint density at radius 1 is 1.38 bits per heavy atom. The van der Waals surface area contributed by atoms with Crippen LogP contribution < -0.4 is 11.2 Å². The number of hydroxylamine groups is 1. The number of nitrogens with one attached hydrogen (secondary N) is 2. The molecular weight excluding hydrogens is 266 g/mol. The first-order chi connectivity index (χ1) is 10.2. The van der Waals surface area contributed by atoms with Crippen LogP contribution in [0.15, 0.2) is 30.5 Å². The quantitative estimate of drug-likeness (QED) is 0.736. The number of amides is 1. The fourth-order valence-corrected chi connectivity index (χ4v) is 2.85. The highest BCUT2D eigenvalue weighted by Gasteiger charge is 2.20. The highest BCUT2D eigenvalue weighted by atomic mass is 16.7. The molecular formula is C16H21N3O2. The largest absolute Gasteiger partial charge is 0.361 e. The molecule has 1 amide bonds. The summed E-state index contributed by atoms with van der Waals surface area (Å²) in [4.78, 5) is 20.6. The number of hydrogen-bond acceptors (Lipinski definition) is 3. The van der Waals surface area contributed by atoms with E-state index in [4.69, 9.17) is 10.6 Å². The maximum atomic E-state index is 12.0. The zero-order chi connectivity index (χ0) is 14.7. The van der Waals surface area contributed by atoms with Crippen molar-refractivity contribution in [1.82, 2.24) is 10.5 Å². The van der Waals surface area contributed by atoms with Crippen LogP contribution in [0.3, 0.4) is 0 Å². The van der Waals surface area contributed by atoms with E-state index in [2.05, 4.69) is 10.5 Å². The topological polar surface area (TPSA) is 80.1 Å². The first-order valence-corrected chi connectivity index (χ1v) is 7.50. The minimum Gasteiger partial charge on any atom is -0.361 e. The second-order valence-electron chi connectivity index (χ2n) is 5.66. The third kappa shape index (κ3) is 3.25. The molecule has 1 heterocycles. The molecule has 1 aliphatic carbocycles. The van der Waals surface area contributed by atoms with E-state index in [9.17, 15) is 4.79 Å². The summed E-state index contributed by atoms with van der Waals surface area (Å²) in [5.74, 6) is -0.257. The minimum atomic E-state index is -0.606. The molecule has 2 aromatic rings. The number of H-pyrrole nitrogens is 1. The molecule has 5 heteroatoms. The van der Waals surface area contributed by atoms with Crippen LogP contribution in [-0.4, -0.2) is 23.0 Å². The maximum absolute atomic E-state index is 12.0. The molecule has 5 nitrogen and oxygen atoms in total. The molecule has 0 radical (unpaired) electrons. The molecule has 0 spiro atoms. The van der Waals surface area contributed by atoms with Gasteiger partial charge in [-0.2, -0.15) is 0 Å². The van der Waals surface area contributed by atoms with Crippen molar-refractivity contribution in [3.63, 3.8) is 0 Å². The van der Waals surface area contributed by atoms with Crippen LogP contribution in [0.5, 0.6) is 0 Å². The van der Waals surface area contributed by atoms with E-state index in [1.165, 1.54) is 12.8 Å². The van der Waals surface area contributed by atoms with Crippen LogP contribution in [0.2, 0.25) is 0 Å². The maximum Gasteiger partial charge on any atom is 0.260 e. The van der Waals surface area contributed by atoms with Gasteiger partial charge in [-0.05, 0) is 30.9 Å². The first kappa shape index (κ1) is 14.1. The molecule has 1 aromatic heterocycles. The van der Waals surface area contributed by atoms with Crippen LogP contribution >= 0.6 is 0 Å². The Morgan fingerprint density at radius 3 is 2.95 bits per heavy atom. The molecule has 112 valence electrons. The molecule has 1 fully saturated rings. The number of fused-ring (bicyclic) bond motifs is 1. The predicted molar refractivity (Wildman–Crippen MR) is 81.5 cm³/mol. The molecule has 1 saturated carbocycles. The van der Waals surface area contributed by atoms with Crippen molar-refractivity contribution in [3.8, 4) is 0 Å². The normalized spacial score (nSPS) is 17.2. The third-order valence-corrected chi connectivity index (χ3v) is 4.08. The summed E-state index contributed by atoms with van der Waals surface area (Å²) in [6, 6.07) is 7.39. The number of aromatic nitrogens is 1. The number of para-hydroxylation sites is 1. The molecule has 0 aliphatic heterocycles. The van der Waals surface area contributed by atoms with Gasteiger partial charge in [0.05, 0.1) is 12.1 Å². The highest BCUT2D eigenvalue weighted by Crippen LogP contribution is 2.20. The van der Waals surface area contributed by atoms with Gasteiger partial charge < -0.3 is 10.7 Å². The van der Waals surface area contributed by atoms with Crippen molar-refractivity contribution in [2.75, 3.05) is 0 Å². The first-order valence-electron chi connectivity index (χ1n) is 7.50. The van der Waals surface area contributed by atoms with Crippen molar-refractivity contribution in [2.45, 2.75) is 44.2 Å². The lowest BCUT2D eigenvalue weighted by Gasteiger charge is -2.15. The van der Waals surface area contributed by atoms with Crippen LogP contribution in [0, 0.1) is 0 Å².